The summed E-state index contributed by atoms with van der Waals surface area (Å²) in [5.74, 6) is 1.95. The number of nitrogens with zero attached hydrogens (tertiary/aromatic N) is 3. The van der Waals surface area contributed by atoms with E-state index in [9.17, 15) is 4.79 Å². The van der Waals surface area contributed by atoms with Crippen molar-refractivity contribution in [2.24, 2.45) is 5.92 Å². The normalized spacial score (nSPS) is 11.0. The molecule has 6 heteroatoms. The Bertz CT molecular complexity index is 921. The van der Waals surface area contributed by atoms with Gasteiger partial charge in [0.05, 0.1) is 6.54 Å². The summed E-state index contributed by atoms with van der Waals surface area (Å²) in [6, 6.07) is 18.0. The van der Waals surface area contributed by atoms with E-state index < -0.39 is 0 Å². The van der Waals surface area contributed by atoms with Crippen LogP contribution < -0.4 is 5.32 Å². The molecule has 0 spiro atoms. The third kappa shape index (κ3) is 5.23. The highest BCUT2D eigenvalue weighted by Gasteiger charge is 2.14. The second-order valence-electron chi connectivity index (χ2n) is 7.15. The molecule has 0 fully saturated rings. The second kappa shape index (κ2) is 9.55. The van der Waals surface area contributed by atoms with Gasteiger partial charge < -0.3 is 9.88 Å². The fourth-order valence-electron chi connectivity index (χ4n) is 2.82. The number of aromatic nitrogens is 3. The zero-order chi connectivity index (χ0) is 19.9. The molecule has 1 heterocycles. The third-order valence-corrected chi connectivity index (χ3v) is 5.39. The summed E-state index contributed by atoms with van der Waals surface area (Å²) < 4.78 is 2.11. The van der Waals surface area contributed by atoms with Gasteiger partial charge in [-0.05, 0) is 30.0 Å². The molecule has 28 heavy (non-hydrogen) atoms. The van der Waals surface area contributed by atoms with Crippen molar-refractivity contribution in [2.45, 2.75) is 38.2 Å². The average molecular weight is 395 g/mol. The Kier molecular flexibility index (Phi) is 6.87. The molecular formula is C22H26N4OS. The predicted molar refractivity (Wildman–Crippen MR) is 113 cm³/mol. The Morgan fingerprint density at radius 2 is 1.79 bits per heavy atom. The number of thioether (sulfide) groups is 1. The van der Waals surface area contributed by atoms with Crippen LogP contribution in [0, 0.1) is 12.8 Å². The van der Waals surface area contributed by atoms with Crippen LogP contribution in [0.3, 0.4) is 0 Å². The van der Waals surface area contributed by atoms with Gasteiger partial charge in [-0.3, -0.25) is 4.79 Å². The molecule has 0 bridgehead atoms. The SMILES string of the molecule is Cc1nnc(SCc2ccccc2C(=O)NCC(C)C)n1Cc1ccccc1. The first-order valence-corrected chi connectivity index (χ1v) is 10.5. The summed E-state index contributed by atoms with van der Waals surface area (Å²) in [5.41, 5.74) is 2.93. The molecular weight excluding hydrogens is 368 g/mol. The molecule has 1 amide bonds. The maximum Gasteiger partial charge on any atom is 0.251 e. The topological polar surface area (TPSA) is 59.8 Å². The van der Waals surface area contributed by atoms with E-state index in [-0.39, 0.29) is 5.91 Å². The summed E-state index contributed by atoms with van der Waals surface area (Å²) in [5, 5.41) is 12.4. The van der Waals surface area contributed by atoms with Crippen LogP contribution in [0.25, 0.3) is 0 Å². The Morgan fingerprint density at radius 3 is 2.54 bits per heavy atom. The van der Waals surface area contributed by atoms with Crippen LogP contribution in [0.1, 0.15) is 41.2 Å². The highest BCUT2D eigenvalue weighted by atomic mass is 32.2. The van der Waals surface area contributed by atoms with E-state index in [0.717, 1.165) is 28.7 Å². The van der Waals surface area contributed by atoms with E-state index in [1.807, 2.05) is 49.4 Å². The molecule has 0 aliphatic rings. The molecule has 1 aromatic heterocycles. The van der Waals surface area contributed by atoms with Gasteiger partial charge in [0.25, 0.3) is 5.91 Å². The first-order valence-electron chi connectivity index (χ1n) is 9.47. The molecule has 0 aliphatic carbocycles. The van der Waals surface area contributed by atoms with Crippen LogP contribution >= 0.6 is 11.8 Å². The predicted octanol–water partition coefficient (Wildman–Crippen LogP) is 4.31. The van der Waals surface area contributed by atoms with Gasteiger partial charge in [-0.2, -0.15) is 0 Å². The molecule has 146 valence electrons. The summed E-state index contributed by atoms with van der Waals surface area (Å²) in [6.07, 6.45) is 0. The molecule has 3 rings (SSSR count). The summed E-state index contributed by atoms with van der Waals surface area (Å²) >= 11 is 1.61. The molecule has 5 nitrogen and oxygen atoms in total. The number of hydrogen-bond donors (Lipinski definition) is 1. The number of nitrogens with one attached hydrogen (secondary N) is 1. The minimum atomic E-state index is -0.0215. The molecule has 0 unspecified atom stereocenters. The van der Waals surface area contributed by atoms with Crippen molar-refractivity contribution in [2.75, 3.05) is 6.54 Å². The van der Waals surface area contributed by atoms with Gasteiger partial charge in [-0.15, -0.1) is 10.2 Å². The fraction of sp³-hybridized carbons (Fsp3) is 0.318. The Labute approximate surface area is 170 Å². The third-order valence-electron chi connectivity index (χ3n) is 4.37. The highest BCUT2D eigenvalue weighted by molar-refractivity contribution is 7.98. The van der Waals surface area contributed by atoms with Gasteiger partial charge in [0.15, 0.2) is 5.16 Å². The lowest BCUT2D eigenvalue weighted by molar-refractivity contribution is 0.0948. The zero-order valence-corrected chi connectivity index (χ0v) is 17.4. The highest BCUT2D eigenvalue weighted by Crippen LogP contribution is 2.24. The van der Waals surface area contributed by atoms with Crippen LogP contribution in [0.4, 0.5) is 0 Å². The average Bonchev–Trinajstić information content (AvgIpc) is 3.05. The van der Waals surface area contributed by atoms with Crippen molar-refractivity contribution < 1.29 is 4.79 Å². The Hall–Kier alpha value is -2.60. The van der Waals surface area contributed by atoms with E-state index in [4.69, 9.17) is 0 Å². The molecule has 0 aliphatic heterocycles. The van der Waals surface area contributed by atoms with Crippen LogP contribution in [0.15, 0.2) is 59.8 Å². The van der Waals surface area contributed by atoms with Crippen molar-refractivity contribution in [1.82, 2.24) is 20.1 Å². The van der Waals surface area contributed by atoms with Gasteiger partial charge in [-0.25, -0.2) is 0 Å². The van der Waals surface area contributed by atoms with E-state index in [0.29, 0.717) is 18.2 Å². The number of carbonyl (C=O) groups is 1. The number of hydrogen-bond acceptors (Lipinski definition) is 4. The second-order valence-corrected chi connectivity index (χ2v) is 8.09. The van der Waals surface area contributed by atoms with Crippen LogP contribution in [0.2, 0.25) is 0 Å². The monoisotopic (exact) mass is 394 g/mol. The lowest BCUT2D eigenvalue weighted by Gasteiger charge is -2.12. The largest absolute Gasteiger partial charge is 0.352 e. The van der Waals surface area contributed by atoms with E-state index in [2.05, 4.69) is 46.1 Å². The summed E-state index contributed by atoms with van der Waals surface area (Å²) in [6.45, 7) is 7.55. The van der Waals surface area contributed by atoms with E-state index in [1.165, 1.54) is 5.56 Å². The first-order chi connectivity index (χ1) is 13.5. The number of benzene rings is 2. The minimum Gasteiger partial charge on any atom is -0.352 e. The lowest BCUT2D eigenvalue weighted by atomic mass is 10.1. The number of amides is 1. The fourth-order valence-corrected chi connectivity index (χ4v) is 3.81. The van der Waals surface area contributed by atoms with Crippen molar-refractivity contribution in [3.63, 3.8) is 0 Å². The maximum atomic E-state index is 12.5. The van der Waals surface area contributed by atoms with Crippen LogP contribution in [-0.2, 0) is 12.3 Å². The number of carbonyl (C=O) groups excluding carboxylic acids is 1. The van der Waals surface area contributed by atoms with Gasteiger partial charge >= 0.3 is 0 Å². The molecule has 1 N–H and O–H groups in total. The van der Waals surface area contributed by atoms with Gasteiger partial charge in [0.2, 0.25) is 0 Å². The zero-order valence-electron chi connectivity index (χ0n) is 16.6. The van der Waals surface area contributed by atoms with Crippen molar-refractivity contribution in [1.29, 1.82) is 0 Å². The van der Waals surface area contributed by atoms with Crippen molar-refractivity contribution >= 4 is 17.7 Å². The summed E-state index contributed by atoms with van der Waals surface area (Å²) in [4.78, 5) is 12.5. The van der Waals surface area contributed by atoms with Crippen LogP contribution in [-0.4, -0.2) is 27.2 Å². The van der Waals surface area contributed by atoms with Crippen molar-refractivity contribution in [3.05, 3.63) is 77.1 Å². The molecule has 2 aromatic carbocycles. The minimum absolute atomic E-state index is 0.0215. The van der Waals surface area contributed by atoms with Gasteiger partial charge in [0, 0.05) is 17.9 Å². The molecule has 0 radical (unpaired) electrons. The Balaban J connectivity index is 1.72. The molecule has 0 saturated carbocycles. The molecule has 0 atom stereocenters. The quantitative estimate of drug-likeness (QED) is 0.578. The maximum absolute atomic E-state index is 12.5. The van der Waals surface area contributed by atoms with Gasteiger partial charge in [0.1, 0.15) is 5.82 Å². The van der Waals surface area contributed by atoms with Crippen molar-refractivity contribution in [3.8, 4) is 0 Å². The number of aryl methyl sites for hydroxylation is 1. The van der Waals surface area contributed by atoms with E-state index in [1.54, 1.807) is 11.8 Å². The molecule has 3 aromatic rings. The van der Waals surface area contributed by atoms with E-state index >= 15 is 0 Å². The smallest absolute Gasteiger partial charge is 0.251 e. The van der Waals surface area contributed by atoms with Crippen LogP contribution in [0.5, 0.6) is 0 Å². The first kappa shape index (κ1) is 20.1. The standard InChI is InChI=1S/C22H26N4OS/c1-16(2)13-23-21(27)20-12-8-7-11-19(20)15-28-22-25-24-17(3)26(22)14-18-9-5-4-6-10-18/h4-12,16H,13-15H2,1-3H3,(H,23,27). The summed E-state index contributed by atoms with van der Waals surface area (Å²) in [7, 11) is 0. The lowest BCUT2D eigenvalue weighted by Crippen LogP contribution is -2.28. The van der Waals surface area contributed by atoms with Gasteiger partial charge in [-0.1, -0.05) is 74.1 Å². The Morgan fingerprint density at radius 1 is 1.07 bits per heavy atom. The molecule has 0 saturated heterocycles. The number of rotatable bonds is 8.